The van der Waals surface area contributed by atoms with E-state index in [1.807, 2.05) is 0 Å². The van der Waals surface area contributed by atoms with Crippen molar-refractivity contribution in [1.82, 2.24) is 9.78 Å². The summed E-state index contributed by atoms with van der Waals surface area (Å²) < 4.78 is 90.0. The van der Waals surface area contributed by atoms with Gasteiger partial charge in [-0.3, -0.25) is 0 Å². The highest BCUT2D eigenvalue weighted by atomic mass is 19.4. The Bertz CT molecular complexity index is 1040. The van der Waals surface area contributed by atoms with E-state index in [0.29, 0.717) is 17.5 Å². The number of benzene rings is 2. The molecule has 0 fully saturated rings. The Balaban J connectivity index is 2.13. The van der Waals surface area contributed by atoms with Crippen LogP contribution in [0.15, 0.2) is 42.5 Å². The molecule has 0 saturated carbocycles. The van der Waals surface area contributed by atoms with Crippen LogP contribution in [0, 0.1) is 0 Å². The second kappa shape index (κ2) is 7.88. The molecule has 3 rings (SSSR count). The predicted molar refractivity (Wildman–Crippen MR) is 93.2 cm³/mol. The number of fused-ring (bicyclic) bond motifs is 1. The average molecular weight is 432 g/mol. The quantitative estimate of drug-likeness (QED) is 0.421. The molecule has 0 aliphatic carbocycles. The number of halogens is 6. The molecule has 5 nitrogen and oxygen atoms in total. The molecular formula is C19H14F6N2O3. The van der Waals surface area contributed by atoms with Crippen LogP contribution >= 0.6 is 0 Å². The molecule has 0 spiro atoms. The highest BCUT2D eigenvalue weighted by Crippen LogP contribution is 2.38. The van der Waals surface area contributed by atoms with E-state index >= 15 is 0 Å². The standard InChI is InChI=1S/C19H14F6N2O3/c1-2-29-16(28)10-30-17-14-5-3-4-6-15(14)27(26-17)13-8-11(18(20,21)22)7-12(9-13)19(23,24)25/h3-9H,2,10H2,1H3. The van der Waals surface area contributed by atoms with E-state index < -0.39 is 41.7 Å². The van der Waals surface area contributed by atoms with Gasteiger partial charge in [0.1, 0.15) is 0 Å². The smallest absolute Gasteiger partial charge is 0.416 e. The first-order valence-electron chi connectivity index (χ1n) is 8.56. The summed E-state index contributed by atoms with van der Waals surface area (Å²) in [6.45, 7) is 1.18. The van der Waals surface area contributed by atoms with E-state index in [0.717, 1.165) is 4.68 Å². The number of hydrogen-bond donors (Lipinski definition) is 0. The summed E-state index contributed by atoms with van der Waals surface area (Å²) in [5.41, 5.74) is -3.20. The van der Waals surface area contributed by atoms with Crippen molar-refractivity contribution in [3.63, 3.8) is 0 Å². The van der Waals surface area contributed by atoms with Gasteiger partial charge >= 0.3 is 18.3 Å². The van der Waals surface area contributed by atoms with Crippen molar-refractivity contribution in [3.8, 4) is 11.6 Å². The van der Waals surface area contributed by atoms with Crippen molar-refractivity contribution >= 4 is 16.9 Å². The third-order valence-corrected chi connectivity index (χ3v) is 4.00. The van der Waals surface area contributed by atoms with Crippen molar-refractivity contribution in [1.29, 1.82) is 0 Å². The minimum atomic E-state index is -5.00. The van der Waals surface area contributed by atoms with Crippen LogP contribution in [0.25, 0.3) is 16.6 Å². The van der Waals surface area contributed by atoms with Crippen LogP contribution in [0.4, 0.5) is 26.3 Å². The Labute approximate surface area is 165 Å². The Morgan fingerprint density at radius 3 is 2.17 bits per heavy atom. The lowest BCUT2D eigenvalue weighted by Gasteiger charge is -2.14. The molecular weight excluding hydrogens is 418 g/mol. The topological polar surface area (TPSA) is 53.4 Å². The summed E-state index contributed by atoms with van der Waals surface area (Å²) in [6, 6.07) is 7.23. The van der Waals surface area contributed by atoms with Gasteiger partial charge in [0.2, 0.25) is 5.88 Å². The number of hydrogen-bond acceptors (Lipinski definition) is 4. The van der Waals surface area contributed by atoms with E-state index in [4.69, 9.17) is 9.47 Å². The van der Waals surface area contributed by atoms with Crippen molar-refractivity contribution < 1.29 is 40.6 Å². The zero-order valence-electron chi connectivity index (χ0n) is 15.3. The average Bonchev–Trinajstić information content (AvgIpc) is 3.04. The number of alkyl halides is 6. The number of para-hydroxylation sites is 1. The Morgan fingerprint density at radius 2 is 1.60 bits per heavy atom. The molecule has 1 aromatic heterocycles. The Hall–Kier alpha value is -3.24. The Morgan fingerprint density at radius 1 is 1.00 bits per heavy atom. The van der Waals surface area contributed by atoms with Crippen molar-refractivity contribution in [3.05, 3.63) is 53.6 Å². The van der Waals surface area contributed by atoms with Gasteiger partial charge in [0.25, 0.3) is 0 Å². The van der Waals surface area contributed by atoms with E-state index in [-0.39, 0.29) is 24.1 Å². The lowest BCUT2D eigenvalue weighted by molar-refractivity contribution is -0.146. The first-order chi connectivity index (χ1) is 14.0. The van der Waals surface area contributed by atoms with Gasteiger partial charge in [0, 0.05) is 0 Å². The zero-order valence-corrected chi connectivity index (χ0v) is 15.3. The second-order valence-corrected chi connectivity index (χ2v) is 6.09. The molecule has 1 heterocycles. The van der Waals surface area contributed by atoms with E-state index in [9.17, 15) is 31.1 Å². The molecule has 0 aliphatic heterocycles. The van der Waals surface area contributed by atoms with Gasteiger partial charge in [-0.2, -0.15) is 26.3 Å². The number of carbonyl (C=O) groups excluding carboxylic acids is 1. The molecule has 2 aromatic carbocycles. The minimum Gasteiger partial charge on any atom is -0.464 e. The molecule has 30 heavy (non-hydrogen) atoms. The van der Waals surface area contributed by atoms with E-state index in [1.54, 1.807) is 13.0 Å². The SMILES string of the molecule is CCOC(=O)COc1nn(-c2cc(C(F)(F)F)cc(C(F)(F)F)c2)c2ccccc12. The summed E-state index contributed by atoms with van der Waals surface area (Å²) in [4.78, 5) is 11.5. The van der Waals surface area contributed by atoms with Crippen LogP contribution in [0.1, 0.15) is 18.1 Å². The van der Waals surface area contributed by atoms with Crippen LogP contribution < -0.4 is 4.74 Å². The van der Waals surface area contributed by atoms with E-state index in [1.165, 1.54) is 18.2 Å². The second-order valence-electron chi connectivity index (χ2n) is 6.09. The van der Waals surface area contributed by atoms with Gasteiger partial charge in [-0.25, -0.2) is 9.48 Å². The van der Waals surface area contributed by atoms with Gasteiger partial charge in [-0.05, 0) is 37.3 Å². The van der Waals surface area contributed by atoms with Gasteiger partial charge in [-0.1, -0.05) is 12.1 Å². The first-order valence-corrected chi connectivity index (χ1v) is 8.56. The van der Waals surface area contributed by atoms with Crippen LogP contribution in [0.3, 0.4) is 0 Å². The number of esters is 1. The molecule has 11 heteroatoms. The molecule has 0 radical (unpaired) electrons. The normalized spacial score (nSPS) is 12.2. The fraction of sp³-hybridized carbons (Fsp3) is 0.263. The fourth-order valence-electron chi connectivity index (χ4n) is 2.73. The van der Waals surface area contributed by atoms with Crippen LogP contribution in [0.5, 0.6) is 5.88 Å². The minimum absolute atomic E-state index is 0.0351. The third-order valence-electron chi connectivity index (χ3n) is 4.00. The number of nitrogens with zero attached hydrogens (tertiary/aromatic N) is 2. The summed E-state index contributed by atoms with van der Waals surface area (Å²) in [7, 11) is 0. The number of carbonyl (C=O) groups is 1. The van der Waals surface area contributed by atoms with Crippen LogP contribution in [0.2, 0.25) is 0 Å². The molecule has 0 amide bonds. The molecule has 0 bridgehead atoms. The predicted octanol–water partition coefficient (Wildman–Crippen LogP) is 5.01. The third kappa shape index (κ3) is 4.50. The fourth-order valence-corrected chi connectivity index (χ4v) is 2.73. The van der Waals surface area contributed by atoms with Gasteiger partial charge in [0.05, 0.1) is 34.3 Å². The van der Waals surface area contributed by atoms with Crippen LogP contribution in [-0.2, 0) is 21.9 Å². The van der Waals surface area contributed by atoms with Crippen molar-refractivity contribution in [2.75, 3.05) is 13.2 Å². The summed E-state index contributed by atoms with van der Waals surface area (Å²) in [5, 5.41) is 4.29. The molecule has 0 atom stereocenters. The highest BCUT2D eigenvalue weighted by Gasteiger charge is 2.37. The maximum Gasteiger partial charge on any atom is 0.416 e. The molecule has 0 aliphatic rings. The molecule has 0 N–H and O–H groups in total. The molecule has 0 saturated heterocycles. The van der Waals surface area contributed by atoms with Crippen LogP contribution in [-0.4, -0.2) is 29.0 Å². The lowest BCUT2D eigenvalue weighted by atomic mass is 10.1. The molecule has 3 aromatic rings. The van der Waals surface area contributed by atoms with Gasteiger partial charge in [0.15, 0.2) is 6.61 Å². The zero-order chi connectivity index (χ0) is 22.1. The Kier molecular flexibility index (Phi) is 5.64. The number of aromatic nitrogens is 2. The van der Waals surface area contributed by atoms with Crippen molar-refractivity contribution in [2.24, 2.45) is 0 Å². The maximum absolute atomic E-state index is 13.2. The highest BCUT2D eigenvalue weighted by molar-refractivity contribution is 5.86. The van der Waals surface area contributed by atoms with Crippen molar-refractivity contribution in [2.45, 2.75) is 19.3 Å². The van der Waals surface area contributed by atoms with Gasteiger partial charge < -0.3 is 9.47 Å². The van der Waals surface area contributed by atoms with Gasteiger partial charge in [-0.15, -0.1) is 5.10 Å². The monoisotopic (exact) mass is 432 g/mol. The largest absolute Gasteiger partial charge is 0.464 e. The summed E-state index contributed by atoms with van der Waals surface area (Å²) in [5.74, 6) is -0.834. The summed E-state index contributed by atoms with van der Waals surface area (Å²) in [6.07, 6.45) is -10.00. The molecule has 160 valence electrons. The molecule has 0 unspecified atom stereocenters. The maximum atomic E-state index is 13.2. The summed E-state index contributed by atoms with van der Waals surface area (Å²) >= 11 is 0. The number of rotatable bonds is 5. The first kappa shape index (κ1) is 21.5. The van der Waals surface area contributed by atoms with E-state index in [2.05, 4.69) is 5.10 Å². The number of ether oxygens (including phenoxy) is 2. The lowest BCUT2D eigenvalue weighted by Crippen LogP contribution is -2.15.